The number of nitro benzene ring substituents is 1. The molecule has 22 heavy (non-hydrogen) atoms. The zero-order valence-corrected chi connectivity index (χ0v) is 12.4. The van der Waals surface area contributed by atoms with Gasteiger partial charge in [0.15, 0.2) is 0 Å². The average molecular weight is 327 g/mol. The van der Waals surface area contributed by atoms with Gasteiger partial charge in [0.05, 0.1) is 15.9 Å². The number of rotatable bonds is 7. The lowest BCUT2D eigenvalue weighted by Crippen LogP contribution is -2.43. The van der Waals surface area contributed by atoms with Gasteiger partial charge in [-0.2, -0.15) is 9.57 Å². The topological polar surface area (TPSA) is 142 Å². The summed E-state index contributed by atoms with van der Waals surface area (Å²) < 4.78 is 25.6. The van der Waals surface area contributed by atoms with Crippen molar-refractivity contribution in [2.45, 2.75) is 24.3 Å². The molecule has 0 aliphatic heterocycles. The first-order valence-electron chi connectivity index (χ1n) is 6.08. The minimum Gasteiger partial charge on any atom is -0.480 e. The fraction of sp³-hybridized carbons (Fsp3) is 0.333. The van der Waals surface area contributed by atoms with Crippen LogP contribution >= 0.6 is 0 Å². The summed E-state index contributed by atoms with van der Waals surface area (Å²) in [6.45, 7) is 0.895. The third-order valence-electron chi connectivity index (χ3n) is 2.89. The molecule has 1 rings (SSSR count). The maximum absolute atomic E-state index is 12.4. The second-order valence-electron chi connectivity index (χ2n) is 4.29. The van der Waals surface area contributed by atoms with Gasteiger partial charge >= 0.3 is 5.97 Å². The lowest BCUT2D eigenvalue weighted by Gasteiger charge is -2.24. The highest BCUT2D eigenvalue weighted by Crippen LogP contribution is 2.21. The van der Waals surface area contributed by atoms with Crippen LogP contribution in [0.15, 0.2) is 29.2 Å². The Kier molecular flexibility index (Phi) is 5.56. The summed E-state index contributed by atoms with van der Waals surface area (Å²) >= 11 is 0. The van der Waals surface area contributed by atoms with Crippen LogP contribution in [0.25, 0.3) is 0 Å². The molecule has 0 aromatic heterocycles. The molecule has 0 heterocycles. The maximum Gasteiger partial charge on any atom is 0.321 e. The van der Waals surface area contributed by atoms with Crippen LogP contribution in [0.5, 0.6) is 0 Å². The van der Waals surface area contributed by atoms with Crippen molar-refractivity contribution < 1.29 is 23.2 Å². The molecule has 10 heteroatoms. The number of non-ortho nitro benzene ring substituents is 1. The summed E-state index contributed by atoms with van der Waals surface area (Å²) in [6.07, 6.45) is -0.177. The third kappa shape index (κ3) is 3.78. The molecule has 0 aliphatic carbocycles. The predicted molar refractivity (Wildman–Crippen MR) is 74.3 cm³/mol. The van der Waals surface area contributed by atoms with Gasteiger partial charge in [0.1, 0.15) is 6.04 Å². The Morgan fingerprint density at radius 2 is 2.00 bits per heavy atom. The zero-order valence-electron chi connectivity index (χ0n) is 11.5. The van der Waals surface area contributed by atoms with E-state index in [2.05, 4.69) is 0 Å². The zero-order chi connectivity index (χ0) is 16.9. The van der Waals surface area contributed by atoms with E-state index in [4.69, 9.17) is 10.4 Å². The lowest BCUT2D eigenvalue weighted by atomic mass is 10.3. The highest BCUT2D eigenvalue weighted by molar-refractivity contribution is 7.89. The van der Waals surface area contributed by atoms with E-state index in [-0.39, 0.29) is 23.5 Å². The molecule has 1 aromatic rings. The molecule has 9 nitrogen and oxygen atoms in total. The standard InChI is InChI=1S/C12H13N3O6S/c1-9(12(16)17)14(8-2-7-13)22(20,21)11-5-3-10(4-6-11)15(18)19/h3-6,9H,2,8H2,1H3,(H,16,17). The Labute approximate surface area is 126 Å². The van der Waals surface area contributed by atoms with Crippen LogP contribution in [0.1, 0.15) is 13.3 Å². The van der Waals surface area contributed by atoms with Gasteiger partial charge in [0.25, 0.3) is 5.69 Å². The average Bonchev–Trinajstić information content (AvgIpc) is 2.47. The molecule has 0 saturated carbocycles. The molecule has 0 saturated heterocycles. The number of hydrogen-bond acceptors (Lipinski definition) is 6. The molecular weight excluding hydrogens is 314 g/mol. The first kappa shape index (κ1) is 17.5. The monoisotopic (exact) mass is 327 g/mol. The maximum atomic E-state index is 12.4. The number of carbonyl (C=O) groups is 1. The van der Waals surface area contributed by atoms with E-state index in [9.17, 15) is 23.3 Å². The highest BCUT2D eigenvalue weighted by Gasteiger charge is 2.32. The largest absolute Gasteiger partial charge is 0.480 e. The van der Waals surface area contributed by atoms with Gasteiger partial charge in [0, 0.05) is 25.1 Å². The van der Waals surface area contributed by atoms with E-state index >= 15 is 0 Å². The van der Waals surface area contributed by atoms with Crippen molar-refractivity contribution in [3.8, 4) is 6.07 Å². The van der Waals surface area contributed by atoms with Crippen LogP contribution in [0.3, 0.4) is 0 Å². The lowest BCUT2D eigenvalue weighted by molar-refractivity contribution is -0.384. The first-order valence-corrected chi connectivity index (χ1v) is 7.52. The summed E-state index contributed by atoms with van der Waals surface area (Å²) in [4.78, 5) is 20.7. The van der Waals surface area contributed by atoms with Crippen molar-refractivity contribution in [1.29, 1.82) is 5.26 Å². The third-order valence-corrected chi connectivity index (χ3v) is 4.87. The Balaban J connectivity index is 3.23. The van der Waals surface area contributed by atoms with Crippen LogP contribution in [-0.4, -0.2) is 41.3 Å². The van der Waals surface area contributed by atoms with Gasteiger partial charge < -0.3 is 5.11 Å². The number of hydrogen-bond donors (Lipinski definition) is 1. The van der Waals surface area contributed by atoms with E-state index in [0.29, 0.717) is 4.31 Å². The molecule has 0 spiro atoms. The van der Waals surface area contributed by atoms with Crippen LogP contribution in [0.4, 0.5) is 5.69 Å². The van der Waals surface area contributed by atoms with Crippen LogP contribution in [0.2, 0.25) is 0 Å². The first-order chi connectivity index (χ1) is 10.2. The van der Waals surface area contributed by atoms with Crippen LogP contribution in [0, 0.1) is 21.4 Å². The number of nitriles is 1. The van der Waals surface area contributed by atoms with Crippen molar-refractivity contribution in [2.75, 3.05) is 6.54 Å². The molecule has 1 unspecified atom stereocenters. The summed E-state index contributed by atoms with van der Waals surface area (Å²) in [7, 11) is -4.18. The van der Waals surface area contributed by atoms with E-state index in [1.54, 1.807) is 6.07 Å². The van der Waals surface area contributed by atoms with Crippen molar-refractivity contribution in [2.24, 2.45) is 0 Å². The fourth-order valence-corrected chi connectivity index (χ4v) is 3.27. The van der Waals surface area contributed by atoms with Gasteiger partial charge in [0.2, 0.25) is 10.0 Å². The second-order valence-corrected chi connectivity index (χ2v) is 6.18. The Hall–Kier alpha value is -2.51. The normalized spacial score (nSPS) is 12.6. The van der Waals surface area contributed by atoms with Crippen molar-refractivity contribution in [1.82, 2.24) is 4.31 Å². The molecule has 0 radical (unpaired) electrons. The summed E-state index contributed by atoms with van der Waals surface area (Å²) in [5.74, 6) is -1.36. The summed E-state index contributed by atoms with van der Waals surface area (Å²) in [6, 6.07) is 4.47. The second kappa shape index (κ2) is 6.97. The molecule has 0 bridgehead atoms. The highest BCUT2D eigenvalue weighted by atomic mass is 32.2. The summed E-state index contributed by atoms with van der Waals surface area (Å²) in [5.41, 5.74) is -0.284. The Morgan fingerprint density at radius 1 is 1.45 bits per heavy atom. The SMILES string of the molecule is CC(C(=O)O)N(CCC#N)S(=O)(=O)c1ccc([N+](=O)[O-])cc1. The van der Waals surface area contributed by atoms with Gasteiger partial charge in [-0.25, -0.2) is 8.42 Å². The van der Waals surface area contributed by atoms with E-state index in [0.717, 1.165) is 24.3 Å². The van der Waals surface area contributed by atoms with Crippen molar-refractivity contribution >= 4 is 21.7 Å². The smallest absolute Gasteiger partial charge is 0.321 e. The number of aliphatic carboxylic acids is 1. The molecule has 0 fully saturated rings. The Bertz CT molecular complexity index is 707. The fourth-order valence-electron chi connectivity index (χ4n) is 1.68. The molecule has 1 atom stereocenters. The molecule has 118 valence electrons. The minimum atomic E-state index is -4.18. The van der Waals surface area contributed by atoms with Crippen LogP contribution < -0.4 is 0 Å². The van der Waals surface area contributed by atoms with E-state index < -0.39 is 27.0 Å². The molecule has 1 aromatic carbocycles. The van der Waals surface area contributed by atoms with E-state index in [1.165, 1.54) is 6.92 Å². The number of sulfonamides is 1. The number of nitrogens with zero attached hydrogens (tertiary/aromatic N) is 3. The van der Waals surface area contributed by atoms with Gasteiger partial charge in [-0.15, -0.1) is 0 Å². The number of carboxylic acid groups (broad SMARTS) is 1. The van der Waals surface area contributed by atoms with Crippen LogP contribution in [-0.2, 0) is 14.8 Å². The van der Waals surface area contributed by atoms with E-state index in [1.807, 2.05) is 0 Å². The predicted octanol–water partition coefficient (Wildman–Crippen LogP) is 0.972. The van der Waals surface area contributed by atoms with Crippen molar-refractivity contribution in [3.63, 3.8) is 0 Å². The number of nitro groups is 1. The molecule has 0 amide bonds. The molecule has 1 N–H and O–H groups in total. The van der Waals surface area contributed by atoms with Crippen molar-refractivity contribution in [3.05, 3.63) is 34.4 Å². The van der Waals surface area contributed by atoms with Gasteiger partial charge in [-0.05, 0) is 19.1 Å². The molecule has 0 aliphatic rings. The minimum absolute atomic E-state index is 0.177. The molecular formula is C12H13N3O6S. The van der Waals surface area contributed by atoms with Gasteiger partial charge in [-0.1, -0.05) is 0 Å². The quantitative estimate of drug-likeness (QED) is 0.580. The summed E-state index contributed by atoms with van der Waals surface area (Å²) in [5, 5.41) is 28.1. The van der Waals surface area contributed by atoms with Gasteiger partial charge in [-0.3, -0.25) is 14.9 Å². The Morgan fingerprint density at radius 3 is 2.41 bits per heavy atom. The number of carboxylic acids is 1. The number of benzene rings is 1.